The van der Waals surface area contributed by atoms with Crippen molar-refractivity contribution in [2.24, 2.45) is 0 Å². The van der Waals surface area contributed by atoms with Gasteiger partial charge in [0.25, 0.3) is 0 Å². The molecule has 4 heteroatoms. The summed E-state index contributed by atoms with van der Waals surface area (Å²) in [6.07, 6.45) is 1.65. The second-order valence-electron chi connectivity index (χ2n) is 7.29. The number of ketones is 1. The highest BCUT2D eigenvalue weighted by Crippen LogP contribution is 2.30. The predicted molar refractivity (Wildman–Crippen MR) is 92.3 cm³/mol. The first-order valence-corrected chi connectivity index (χ1v) is 8.64. The molecule has 4 rings (SSSR count). The molecule has 0 N–H and O–H groups in total. The van der Waals surface area contributed by atoms with Gasteiger partial charge in [0.15, 0.2) is 11.6 Å². The second-order valence-corrected chi connectivity index (χ2v) is 7.29. The molecule has 0 bridgehead atoms. The molecule has 1 aliphatic carbocycles. The zero-order valence-corrected chi connectivity index (χ0v) is 14.5. The van der Waals surface area contributed by atoms with Gasteiger partial charge in [-0.3, -0.25) is 4.79 Å². The largest absolute Gasteiger partial charge is 0.348 e. The topological polar surface area (TPSA) is 35.5 Å². The molecule has 2 aromatic rings. The summed E-state index contributed by atoms with van der Waals surface area (Å²) >= 11 is 0. The third-order valence-electron chi connectivity index (χ3n) is 4.98. The van der Waals surface area contributed by atoms with Crippen molar-refractivity contribution in [2.45, 2.75) is 45.0 Å². The average Bonchev–Trinajstić information content (AvgIpc) is 2.82. The number of hydrogen-bond donors (Lipinski definition) is 0. The minimum Gasteiger partial charge on any atom is -0.348 e. The molecular formula is C21H21FO3. The fraction of sp³-hybridized carbons (Fsp3) is 0.381. The summed E-state index contributed by atoms with van der Waals surface area (Å²) in [4.78, 5) is 12.7. The smallest absolute Gasteiger partial charge is 0.167 e. The number of halogens is 1. The van der Waals surface area contributed by atoms with Crippen LogP contribution >= 0.6 is 0 Å². The monoisotopic (exact) mass is 340 g/mol. The summed E-state index contributed by atoms with van der Waals surface area (Å²) in [7, 11) is 0. The van der Waals surface area contributed by atoms with E-state index in [-0.39, 0.29) is 17.7 Å². The van der Waals surface area contributed by atoms with Gasteiger partial charge in [0, 0.05) is 18.4 Å². The van der Waals surface area contributed by atoms with Crippen LogP contribution in [0.2, 0.25) is 0 Å². The number of rotatable bonds is 2. The van der Waals surface area contributed by atoms with Gasteiger partial charge < -0.3 is 9.47 Å². The number of Topliss-reactive ketones (excluding diaryl/α,β-unsaturated/α-hetero) is 1. The summed E-state index contributed by atoms with van der Waals surface area (Å²) in [5.41, 5.74) is 4.70. The van der Waals surface area contributed by atoms with Crippen molar-refractivity contribution >= 4 is 5.78 Å². The number of carbonyl (C=O) groups is 1. The predicted octanol–water partition coefficient (Wildman–Crippen LogP) is 3.85. The quantitative estimate of drug-likeness (QED) is 0.833. The molecule has 2 aliphatic rings. The third kappa shape index (κ3) is 3.24. The van der Waals surface area contributed by atoms with E-state index in [1.807, 2.05) is 19.9 Å². The minimum atomic E-state index is -0.556. The van der Waals surface area contributed by atoms with E-state index >= 15 is 0 Å². The fourth-order valence-corrected chi connectivity index (χ4v) is 3.80. The molecule has 1 atom stereocenters. The average molecular weight is 340 g/mol. The Labute approximate surface area is 146 Å². The lowest BCUT2D eigenvalue weighted by Crippen LogP contribution is -2.22. The SMILES string of the molecule is CC1(C)OC[C@@H](Cc2cccc3c2CC(=O)c2cc(F)ccc2C3)O1. The lowest BCUT2D eigenvalue weighted by Gasteiger charge is -2.18. The maximum Gasteiger partial charge on any atom is 0.167 e. The van der Waals surface area contributed by atoms with Crippen LogP contribution in [-0.2, 0) is 28.7 Å². The molecule has 1 fully saturated rings. The van der Waals surface area contributed by atoms with E-state index in [2.05, 4.69) is 12.1 Å². The minimum absolute atomic E-state index is 0.0142. The summed E-state index contributed by atoms with van der Waals surface area (Å²) in [6.45, 7) is 4.37. The Morgan fingerprint density at radius 2 is 2.00 bits per heavy atom. The Hall–Kier alpha value is -2.04. The number of fused-ring (bicyclic) bond motifs is 2. The van der Waals surface area contributed by atoms with Gasteiger partial charge >= 0.3 is 0 Å². The molecule has 3 nitrogen and oxygen atoms in total. The number of hydrogen-bond acceptors (Lipinski definition) is 3. The second kappa shape index (κ2) is 6.04. The van der Waals surface area contributed by atoms with Crippen LogP contribution in [0.5, 0.6) is 0 Å². The first-order valence-electron chi connectivity index (χ1n) is 8.64. The first-order chi connectivity index (χ1) is 11.9. The molecular weight excluding hydrogens is 319 g/mol. The first kappa shape index (κ1) is 16.4. The molecule has 2 aromatic carbocycles. The Bertz CT molecular complexity index is 841. The van der Waals surface area contributed by atoms with E-state index in [4.69, 9.17) is 9.47 Å². The van der Waals surface area contributed by atoms with Gasteiger partial charge in [-0.15, -0.1) is 0 Å². The van der Waals surface area contributed by atoms with Crippen molar-refractivity contribution < 1.29 is 18.7 Å². The highest BCUT2D eigenvalue weighted by molar-refractivity contribution is 6.00. The van der Waals surface area contributed by atoms with Crippen LogP contribution in [0, 0.1) is 5.82 Å². The molecule has 1 aliphatic heterocycles. The summed E-state index contributed by atoms with van der Waals surface area (Å²) < 4.78 is 25.1. The van der Waals surface area contributed by atoms with Crippen molar-refractivity contribution in [3.05, 3.63) is 70.0 Å². The van der Waals surface area contributed by atoms with E-state index in [1.165, 1.54) is 12.1 Å². The lowest BCUT2D eigenvalue weighted by atomic mass is 9.93. The molecule has 130 valence electrons. The van der Waals surface area contributed by atoms with Gasteiger partial charge in [-0.1, -0.05) is 24.3 Å². The van der Waals surface area contributed by atoms with Crippen LogP contribution in [0.15, 0.2) is 36.4 Å². The van der Waals surface area contributed by atoms with Gasteiger partial charge in [-0.25, -0.2) is 4.39 Å². The van der Waals surface area contributed by atoms with E-state index in [0.717, 1.165) is 22.3 Å². The van der Waals surface area contributed by atoms with Gasteiger partial charge in [0.05, 0.1) is 12.7 Å². The number of carbonyl (C=O) groups excluding carboxylic acids is 1. The zero-order valence-electron chi connectivity index (χ0n) is 14.5. The van der Waals surface area contributed by atoms with Crippen LogP contribution < -0.4 is 0 Å². The molecule has 0 saturated carbocycles. The zero-order chi connectivity index (χ0) is 17.6. The van der Waals surface area contributed by atoms with Gasteiger partial charge in [0.1, 0.15) is 5.82 Å². The van der Waals surface area contributed by atoms with Crippen molar-refractivity contribution in [2.75, 3.05) is 6.61 Å². The van der Waals surface area contributed by atoms with Gasteiger partial charge in [0.2, 0.25) is 0 Å². The van der Waals surface area contributed by atoms with Crippen LogP contribution in [-0.4, -0.2) is 24.3 Å². The van der Waals surface area contributed by atoms with E-state index in [0.29, 0.717) is 31.4 Å². The standard InChI is InChI=1S/C21H21FO3/c1-21(2)24-12-17(25-21)9-14-5-3-4-13-8-15-6-7-16(22)10-19(15)20(23)11-18(13)14/h3-7,10,17H,8-9,11-12H2,1-2H3/t17-/m1/s1. The molecule has 0 radical (unpaired) electrons. The Kier molecular flexibility index (Phi) is 3.97. The maximum atomic E-state index is 13.6. The summed E-state index contributed by atoms with van der Waals surface area (Å²) in [6, 6.07) is 10.6. The molecule has 0 amide bonds. The fourth-order valence-electron chi connectivity index (χ4n) is 3.80. The molecule has 0 unspecified atom stereocenters. The molecule has 1 heterocycles. The van der Waals surface area contributed by atoms with E-state index in [1.54, 1.807) is 6.07 Å². The van der Waals surface area contributed by atoms with Crippen molar-refractivity contribution in [1.82, 2.24) is 0 Å². The third-order valence-corrected chi connectivity index (χ3v) is 4.98. The van der Waals surface area contributed by atoms with Gasteiger partial charge in [-0.05, 0) is 54.7 Å². The molecule has 0 aromatic heterocycles. The van der Waals surface area contributed by atoms with Crippen molar-refractivity contribution in [3.63, 3.8) is 0 Å². The van der Waals surface area contributed by atoms with E-state index in [9.17, 15) is 9.18 Å². The van der Waals surface area contributed by atoms with Crippen LogP contribution in [0.4, 0.5) is 4.39 Å². The highest BCUT2D eigenvalue weighted by Gasteiger charge is 2.33. The Balaban J connectivity index is 1.67. The number of benzene rings is 2. The molecule has 1 saturated heterocycles. The maximum absolute atomic E-state index is 13.6. The molecule has 25 heavy (non-hydrogen) atoms. The summed E-state index contributed by atoms with van der Waals surface area (Å²) in [5, 5.41) is 0. The Morgan fingerprint density at radius 1 is 1.16 bits per heavy atom. The lowest BCUT2D eigenvalue weighted by molar-refractivity contribution is -0.138. The van der Waals surface area contributed by atoms with Crippen LogP contribution in [0.1, 0.15) is 46.5 Å². The van der Waals surface area contributed by atoms with E-state index < -0.39 is 5.79 Å². The van der Waals surface area contributed by atoms with Crippen LogP contribution in [0.25, 0.3) is 0 Å². The van der Waals surface area contributed by atoms with Crippen molar-refractivity contribution in [3.8, 4) is 0 Å². The highest BCUT2D eigenvalue weighted by atomic mass is 19.1. The van der Waals surface area contributed by atoms with Crippen LogP contribution in [0.3, 0.4) is 0 Å². The Morgan fingerprint density at radius 3 is 2.76 bits per heavy atom. The normalized spacial score (nSPS) is 21.6. The van der Waals surface area contributed by atoms with Crippen molar-refractivity contribution in [1.29, 1.82) is 0 Å². The summed E-state index contributed by atoms with van der Waals surface area (Å²) in [5.74, 6) is -0.943. The molecule has 0 spiro atoms. The van der Waals surface area contributed by atoms with Gasteiger partial charge in [-0.2, -0.15) is 0 Å². The number of ether oxygens (including phenoxy) is 2.